The van der Waals surface area contributed by atoms with Crippen LogP contribution < -0.4 is 0 Å². The highest BCUT2D eigenvalue weighted by molar-refractivity contribution is 5.90. The third kappa shape index (κ3) is 2.62. The largest absolute Gasteiger partial charge is 0.465 e. The van der Waals surface area contributed by atoms with Crippen molar-refractivity contribution in [2.24, 2.45) is 0 Å². The summed E-state index contributed by atoms with van der Waals surface area (Å²) in [4.78, 5) is 22.6. The molecule has 0 amide bonds. The number of rotatable bonds is 3. The van der Waals surface area contributed by atoms with Gasteiger partial charge in [-0.15, -0.1) is 0 Å². The number of ether oxygens (including phenoxy) is 2. The molecule has 6 nitrogen and oxygen atoms in total. The van der Waals surface area contributed by atoms with E-state index in [9.17, 15) is 9.59 Å². The first kappa shape index (κ1) is 12.8. The van der Waals surface area contributed by atoms with Gasteiger partial charge >= 0.3 is 11.9 Å². The molecule has 0 aliphatic heterocycles. The topological polar surface area (TPSA) is 81.3 Å². The van der Waals surface area contributed by atoms with Crippen LogP contribution in [0.3, 0.4) is 0 Å². The van der Waals surface area contributed by atoms with Gasteiger partial charge in [-0.3, -0.25) is 5.10 Å². The van der Waals surface area contributed by atoms with Gasteiger partial charge in [0.1, 0.15) is 5.69 Å². The second-order valence-electron chi connectivity index (χ2n) is 3.73. The molecule has 1 aromatic carbocycles. The van der Waals surface area contributed by atoms with Crippen LogP contribution in [-0.2, 0) is 9.47 Å². The van der Waals surface area contributed by atoms with Crippen LogP contribution in [0.1, 0.15) is 20.8 Å². The molecule has 0 unspecified atom stereocenters. The highest BCUT2D eigenvalue weighted by Crippen LogP contribution is 2.18. The van der Waals surface area contributed by atoms with Crippen molar-refractivity contribution in [2.45, 2.75) is 0 Å². The van der Waals surface area contributed by atoms with E-state index in [1.807, 2.05) is 0 Å². The summed E-state index contributed by atoms with van der Waals surface area (Å²) in [6.45, 7) is 0. The van der Waals surface area contributed by atoms with E-state index < -0.39 is 11.9 Å². The van der Waals surface area contributed by atoms with Crippen molar-refractivity contribution in [3.63, 3.8) is 0 Å². The third-order valence-corrected chi connectivity index (χ3v) is 2.58. The number of aromatic nitrogens is 2. The number of nitrogens with zero attached hydrogens (tertiary/aromatic N) is 1. The van der Waals surface area contributed by atoms with Crippen LogP contribution in [0.25, 0.3) is 11.3 Å². The zero-order valence-corrected chi connectivity index (χ0v) is 10.5. The van der Waals surface area contributed by atoms with Gasteiger partial charge < -0.3 is 9.47 Å². The Kier molecular flexibility index (Phi) is 3.61. The molecule has 2 rings (SSSR count). The van der Waals surface area contributed by atoms with Crippen LogP contribution in [-0.4, -0.2) is 36.4 Å². The molecular formula is C13H12N2O4. The lowest BCUT2D eigenvalue weighted by Crippen LogP contribution is -2.00. The Bertz CT molecular complexity index is 601. The quantitative estimate of drug-likeness (QED) is 0.848. The van der Waals surface area contributed by atoms with Crippen LogP contribution in [0.5, 0.6) is 0 Å². The lowest BCUT2D eigenvalue weighted by Gasteiger charge is -2.00. The molecule has 2 aromatic rings. The molecule has 0 atom stereocenters. The normalized spacial score (nSPS) is 10.0. The summed E-state index contributed by atoms with van der Waals surface area (Å²) in [6.07, 6.45) is 0. The van der Waals surface area contributed by atoms with E-state index in [2.05, 4.69) is 19.7 Å². The molecule has 0 aliphatic rings. The van der Waals surface area contributed by atoms with E-state index in [-0.39, 0.29) is 5.69 Å². The van der Waals surface area contributed by atoms with Crippen molar-refractivity contribution in [1.82, 2.24) is 10.2 Å². The Labute approximate surface area is 109 Å². The van der Waals surface area contributed by atoms with Gasteiger partial charge in [-0.25, -0.2) is 9.59 Å². The molecule has 0 spiro atoms. The average molecular weight is 260 g/mol. The fraction of sp³-hybridized carbons (Fsp3) is 0.154. The monoisotopic (exact) mass is 260 g/mol. The molecule has 1 heterocycles. The van der Waals surface area contributed by atoms with Gasteiger partial charge in [0.15, 0.2) is 0 Å². The smallest absolute Gasteiger partial charge is 0.356 e. The Morgan fingerprint density at radius 1 is 1.05 bits per heavy atom. The Hall–Kier alpha value is -2.63. The first-order valence-corrected chi connectivity index (χ1v) is 5.48. The molecule has 1 N–H and O–H groups in total. The SMILES string of the molecule is COC(=O)c1ccc(-c2cc(C(=O)OC)[nH]n2)cc1. The van der Waals surface area contributed by atoms with Crippen molar-refractivity contribution >= 4 is 11.9 Å². The van der Waals surface area contributed by atoms with E-state index in [1.54, 1.807) is 30.3 Å². The summed E-state index contributed by atoms with van der Waals surface area (Å²) in [5.74, 6) is -0.881. The zero-order chi connectivity index (χ0) is 13.8. The summed E-state index contributed by atoms with van der Waals surface area (Å²) in [5.41, 5.74) is 2.10. The van der Waals surface area contributed by atoms with Crippen LogP contribution in [0.15, 0.2) is 30.3 Å². The second kappa shape index (κ2) is 5.34. The van der Waals surface area contributed by atoms with Crippen molar-refractivity contribution in [2.75, 3.05) is 14.2 Å². The lowest BCUT2D eigenvalue weighted by atomic mass is 10.1. The minimum absolute atomic E-state index is 0.273. The Morgan fingerprint density at radius 3 is 2.26 bits per heavy atom. The molecule has 0 saturated carbocycles. The fourth-order valence-electron chi connectivity index (χ4n) is 1.58. The molecule has 19 heavy (non-hydrogen) atoms. The molecule has 0 saturated heterocycles. The van der Waals surface area contributed by atoms with Gasteiger partial charge in [0, 0.05) is 5.56 Å². The summed E-state index contributed by atoms with van der Waals surface area (Å²) >= 11 is 0. The molecule has 6 heteroatoms. The van der Waals surface area contributed by atoms with Crippen LogP contribution in [0, 0.1) is 0 Å². The van der Waals surface area contributed by atoms with E-state index >= 15 is 0 Å². The number of esters is 2. The zero-order valence-electron chi connectivity index (χ0n) is 10.5. The fourth-order valence-corrected chi connectivity index (χ4v) is 1.58. The lowest BCUT2D eigenvalue weighted by molar-refractivity contribution is 0.0588. The first-order valence-electron chi connectivity index (χ1n) is 5.48. The van der Waals surface area contributed by atoms with Crippen LogP contribution in [0.2, 0.25) is 0 Å². The van der Waals surface area contributed by atoms with Gasteiger partial charge in [0.2, 0.25) is 0 Å². The number of carbonyl (C=O) groups excluding carboxylic acids is 2. The summed E-state index contributed by atoms with van der Waals surface area (Å²) < 4.78 is 9.19. The molecule has 0 aliphatic carbocycles. The van der Waals surface area contributed by atoms with Gasteiger partial charge in [0.05, 0.1) is 25.5 Å². The van der Waals surface area contributed by atoms with Gasteiger partial charge in [0.25, 0.3) is 0 Å². The summed E-state index contributed by atoms with van der Waals surface area (Å²) in [5, 5.41) is 6.60. The Balaban J connectivity index is 2.25. The maximum atomic E-state index is 11.3. The third-order valence-electron chi connectivity index (χ3n) is 2.58. The summed E-state index contributed by atoms with van der Waals surface area (Å²) in [7, 11) is 2.63. The second-order valence-corrected chi connectivity index (χ2v) is 3.73. The van der Waals surface area contributed by atoms with Gasteiger partial charge in [-0.1, -0.05) is 12.1 Å². The van der Waals surface area contributed by atoms with E-state index in [4.69, 9.17) is 0 Å². The number of hydrogen-bond donors (Lipinski definition) is 1. The molecule has 1 aromatic heterocycles. The summed E-state index contributed by atoms with van der Waals surface area (Å²) in [6, 6.07) is 8.30. The van der Waals surface area contributed by atoms with Crippen molar-refractivity contribution in [3.05, 3.63) is 41.6 Å². The number of carbonyl (C=O) groups is 2. The van der Waals surface area contributed by atoms with Crippen molar-refractivity contribution in [3.8, 4) is 11.3 Å². The molecule has 0 fully saturated rings. The predicted octanol–water partition coefficient (Wildman–Crippen LogP) is 1.65. The standard InChI is InChI=1S/C13H12N2O4/c1-18-12(16)9-5-3-8(4-6-9)10-7-11(15-14-10)13(17)19-2/h3-7H,1-2H3,(H,14,15). The maximum Gasteiger partial charge on any atom is 0.356 e. The minimum Gasteiger partial charge on any atom is -0.465 e. The van der Waals surface area contributed by atoms with Crippen molar-refractivity contribution < 1.29 is 19.1 Å². The maximum absolute atomic E-state index is 11.3. The predicted molar refractivity (Wildman–Crippen MR) is 66.7 cm³/mol. The first-order chi connectivity index (χ1) is 9.15. The number of nitrogens with one attached hydrogen (secondary N) is 1. The van der Waals surface area contributed by atoms with Gasteiger partial charge in [-0.2, -0.15) is 5.10 Å². The number of H-pyrrole nitrogens is 1. The van der Waals surface area contributed by atoms with Crippen LogP contribution in [0.4, 0.5) is 0 Å². The number of benzene rings is 1. The molecule has 0 bridgehead atoms. The highest BCUT2D eigenvalue weighted by Gasteiger charge is 2.11. The van der Waals surface area contributed by atoms with E-state index in [1.165, 1.54) is 14.2 Å². The molecular weight excluding hydrogens is 248 g/mol. The number of aromatic amines is 1. The Morgan fingerprint density at radius 2 is 1.68 bits per heavy atom. The average Bonchev–Trinajstić information content (AvgIpc) is 2.95. The molecule has 98 valence electrons. The number of hydrogen-bond acceptors (Lipinski definition) is 5. The minimum atomic E-state index is -0.482. The highest BCUT2D eigenvalue weighted by atomic mass is 16.5. The molecule has 0 radical (unpaired) electrons. The van der Waals surface area contributed by atoms with Gasteiger partial charge in [-0.05, 0) is 18.2 Å². The van der Waals surface area contributed by atoms with Crippen LogP contribution >= 0.6 is 0 Å². The van der Waals surface area contributed by atoms with E-state index in [0.717, 1.165) is 5.56 Å². The number of methoxy groups -OCH3 is 2. The van der Waals surface area contributed by atoms with Crippen molar-refractivity contribution in [1.29, 1.82) is 0 Å². The van der Waals surface area contributed by atoms with E-state index in [0.29, 0.717) is 11.3 Å².